The maximum Gasteiger partial charge on any atom is 0.296 e. The molecule has 3 fully saturated rings. The van der Waals surface area contributed by atoms with Gasteiger partial charge in [0.1, 0.15) is 16.9 Å². The molecule has 4 aliphatic heterocycles. The number of hydrogen-bond donors (Lipinski definition) is 2. The first-order chi connectivity index (χ1) is 15.8. The summed E-state index contributed by atoms with van der Waals surface area (Å²) in [7, 11) is -4.54. The largest absolute Gasteiger partial charge is 0.471 e. The van der Waals surface area contributed by atoms with Crippen LogP contribution in [0, 0.1) is 12.8 Å². The van der Waals surface area contributed by atoms with Gasteiger partial charge < -0.3 is 15.0 Å². The van der Waals surface area contributed by atoms with Gasteiger partial charge in [-0.1, -0.05) is 36.4 Å². The smallest absolute Gasteiger partial charge is 0.296 e. The van der Waals surface area contributed by atoms with E-state index in [1.807, 2.05) is 37.3 Å². The summed E-state index contributed by atoms with van der Waals surface area (Å²) < 4.78 is 40.2. The number of piperidine rings is 3. The highest BCUT2D eigenvalue weighted by molar-refractivity contribution is 7.86. The van der Waals surface area contributed by atoms with Crippen molar-refractivity contribution in [2.45, 2.75) is 36.9 Å². The first-order valence-corrected chi connectivity index (χ1v) is 12.6. The number of carbonyl (C=O) groups is 1. The molecule has 3 saturated heterocycles. The molecule has 2 aromatic rings. The van der Waals surface area contributed by atoms with Crippen molar-refractivity contribution in [1.29, 1.82) is 0 Å². The van der Waals surface area contributed by atoms with E-state index in [4.69, 9.17) is 4.74 Å². The van der Waals surface area contributed by atoms with Gasteiger partial charge in [0.15, 0.2) is 0 Å². The van der Waals surface area contributed by atoms with Crippen molar-refractivity contribution in [3.05, 3.63) is 71.6 Å². The summed E-state index contributed by atoms with van der Waals surface area (Å²) in [6.07, 6.45) is 2.74. The van der Waals surface area contributed by atoms with Crippen LogP contribution in [0.25, 0.3) is 0 Å². The average Bonchev–Trinajstić information content (AvgIpc) is 3.25. The van der Waals surface area contributed by atoms with E-state index < -0.39 is 16.3 Å². The first-order valence-electron chi connectivity index (χ1n) is 11.1. The average molecular weight is 470 g/mol. The lowest BCUT2D eigenvalue weighted by Crippen LogP contribution is -2.57. The van der Waals surface area contributed by atoms with Gasteiger partial charge in [-0.05, 0) is 56.5 Å². The summed E-state index contributed by atoms with van der Waals surface area (Å²) >= 11 is 0. The lowest BCUT2D eigenvalue weighted by Gasteiger charge is -2.45. The van der Waals surface area contributed by atoms with Crippen LogP contribution in [0.15, 0.2) is 65.4 Å². The van der Waals surface area contributed by atoms with Crippen molar-refractivity contribution < 1.29 is 22.5 Å². The van der Waals surface area contributed by atoms with E-state index in [-0.39, 0.29) is 28.2 Å². The molecule has 0 aromatic heterocycles. The number of benzene rings is 2. The molecule has 4 heterocycles. The summed E-state index contributed by atoms with van der Waals surface area (Å²) in [6.45, 7) is 4.76. The molecule has 2 bridgehead atoms. The number of carbonyl (C=O) groups excluding carboxylic acids is 1. The van der Waals surface area contributed by atoms with E-state index in [0.29, 0.717) is 5.92 Å². The van der Waals surface area contributed by atoms with Crippen LogP contribution in [0.1, 0.15) is 30.2 Å². The third-order valence-electron chi connectivity index (χ3n) is 6.74. The summed E-state index contributed by atoms with van der Waals surface area (Å²) in [5, 5.41) is 3.15. The highest BCUT2D eigenvalue weighted by atomic mass is 32.2. The van der Waals surface area contributed by atoms with Gasteiger partial charge in [0, 0.05) is 18.2 Å². The van der Waals surface area contributed by atoms with Crippen molar-refractivity contribution in [3.63, 3.8) is 0 Å². The molecule has 0 radical (unpaired) electrons. The molecule has 0 spiro atoms. The molecule has 0 aliphatic carbocycles. The first kappa shape index (κ1) is 21.9. The Bertz CT molecular complexity index is 1190. The molecule has 1 amide bonds. The molecule has 2 N–H and O–H groups in total. The van der Waals surface area contributed by atoms with Crippen molar-refractivity contribution in [1.82, 2.24) is 10.2 Å². The Balaban J connectivity index is 1.53. The van der Waals surface area contributed by atoms with Crippen molar-refractivity contribution in [3.8, 4) is 0 Å². The SMILES string of the molecule is Cc1ccc(S(=O)(=O)O)c(N2C(C(=O)N[C@H]3CN4CCC3CC4)=COC2c2ccccc2)c1. The second-order valence-corrected chi connectivity index (χ2v) is 10.3. The summed E-state index contributed by atoms with van der Waals surface area (Å²) in [5.41, 5.74) is 1.94. The van der Waals surface area contributed by atoms with E-state index in [9.17, 15) is 17.8 Å². The fraction of sp³-hybridized carbons (Fsp3) is 0.375. The lowest BCUT2D eigenvalue weighted by molar-refractivity contribution is -0.119. The van der Waals surface area contributed by atoms with Gasteiger partial charge in [0.2, 0.25) is 6.23 Å². The minimum absolute atomic E-state index is 0.0390. The number of nitrogens with one attached hydrogen (secondary N) is 1. The van der Waals surface area contributed by atoms with Crippen LogP contribution in [-0.4, -0.2) is 49.5 Å². The van der Waals surface area contributed by atoms with Gasteiger partial charge in [-0.2, -0.15) is 8.42 Å². The molecule has 8 nitrogen and oxygen atoms in total. The second-order valence-electron chi connectivity index (χ2n) is 8.94. The second kappa shape index (κ2) is 8.48. The Labute approximate surface area is 193 Å². The quantitative estimate of drug-likeness (QED) is 0.650. The van der Waals surface area contributed by atoms with E-state index in [1.54, 1.807) is 17.0 Å². The summed E-state index contributed by atoms with van der Waals surface area (Å²) in [6, 6.07) is 13.9. The van der Waals surface area contributed by atoms with Crippen molar-refractivity contribution in [2.24, 2.45) is 5.92 Å². The molecule has 9 heteroatoms. The molecular formula is C24H27N3O5S. The number of amides is 1. The summed E-state index contributed by atoms with van der Waals surface area (Å²) in [5.74, 6) is 0.113. The van der Waals surface area contributed by atoms with Crippen molar-refractivity contribution >= 4 is 21.7 Å². The van der Waals surface area contributed by atoms with Crippen molar-refractivity contribution in [2.75, 3.05) is 24.5 Å². The highest BCUT2D eigenvalue weighted by Gasteiger charge is 2.40. The number of ether oxygens (including phenoxy) is 1. The van der Waals surface area contributed by atoms with Crippen LogP contribution < -0.4 is 10.2 Å². The van der Waals surface area contributed by atoms with E-state index in [2.05, 4.69) is 10.2 Å². The fourth-order valence-corrected chi connectivity index (χ4v) is 5.70. The molecule has 1 unspecified atom stereocenters. The van der Waals surface area contributed by atoms with Crippen LogP contribution in [0.5, 0.6) is 0 Å². The predicted octanol–water partition coefficient (Wildman–Crippen LogP) is 2.83. The Morgan fingerprint density at radius 2 is 1.85 bits per heavy atom. The van der Waals surface area contributed by atoms with Gasteiger partial charge in [-0.3, -0.25) is 14.2 Å². The van der Waals surface area contributed by atoms with E-state index >= 15 is 0 Å². The van der Waals surface area contributed by atoms with Gasteiger partial charge in [-0.25, -0.2) is 0 Å². The number of nitrogens with zero attached hydrogens (tertiary/aromatic N) is 2. The molecule has 2 aromatic carbocycles. The zero-order valence-electron chi connectivity index (χ0n) is 18.3. The van der Waals surface area contributed by atoms with Crippen LogP contribution in [0.3, 0.4) is 0 Å². The Hall–Kier alpha value is -2.88. The molecule has 4 aliphatic rings. The predicted molar refractivity (Wildman–Crippen MR) is 123 cm³/mol. The normalized spacial score (nSPS) is 26.6. The number of aryl methyl sites for hydroxylation is 1. The molecular weight excluding hydrogens is 442 g/mol. The zero-order chi connectivity index (χ0) is 23.2. The Kier molecular flexibility index (Phi) is 5.64. The zero-order valence-corrected chi connectivity index (χ0v) is 19.2. The van der Waals surface area contributed by atoms with Crippen LogP contribution in [0.4, 0.5) is 5.69 Å². The van der Waals surface area contributed by atoms with Crippen LogP contribution in [0.2, 0.25) is 0 Å². The standard InChI is InChI=1S/C24H27N3O5S/c1-16-7-8-22(33(29,30)31)20(13-16)27-21(15-32-24(27)18-5-3-2-4-6-18)23(28)25-19-14-26-11-9-17(19)10-12-26/h2-8,13,15,17,19,24H,9-12,14H2,1H3,(H,25,28)(H,29,30,31)/t19-,24?/m0/s1. The number of fused-ring (bicyclic) bond motifs is 3. The molecule has 2 atom stereocenters. The van der Waals surface area contributed by atoms with Crippen LogP contribution >= 0.6 is 0 Å². The fourth-order valence-electron chi connectivity index (χ4n) is 5.04. The maximum absolute atomic E-state index is 13.5. The number of hydrogen-bond acceptors (Lipinski definition) is 6. The maximum atomic E-state index is 13.5. The lowest BCUT2D eigenvalue weighted by atomic mass is 9.84. The minimum Gasteiger partial charge on any atom is -0.471 e. The third kappa shape index (κ3) is 4.23. The van der Waals surface area contributed by atoms with Gasteiger partial charge in [0.25, 0.3) is 16.0 Å². The van der Waals surface area contributed by atoms with Gasteiger partial charge in [0.05, 0.1) is 5.69 Å². The minimum atomic E-state index is -4.54. The molecule has 33 heavy (non-hydrogen) atoms. The topological polar surface area (TPSA) is 99.2 Å². The van der Waals surface area contributed by atoms with Crippen LogP contribution in [-0.2, 0) is 19.6 Å². The van der Waals surface area contributed by atoms with E-state index in [1.165, 1.54) is 12.3 Å². The monoisotopic (exact) mass is 469 g/mol. The molecule has 6 rings (SSSR count). The molecule has 0 saturated carbocycles. The Morgan fingerprint density at radius 3 is 2.48 bits per heavy atom. The summed E-state index contributed by atoms with van der Waals surface area (Å²) in [4.78, 5) is 17.1. The Morgan fingerprint density at radius 1 is 1.12 bits per heavy atom. The van der Waals surface area contributed by atoms with Gasteiger partial charge >= 0.3 is 0 Å². The van der Waals surface area contributed by atoms with Gasteiger partial charge in [-0.15, -0.1) is 0 Å². The number of rotatable bonds is 5. The van der Waals surface area contributed by atoms with E-state index in [0.717, 1.165) is 43.6 Å². The third-order valence-corrected chi connectivity index (χ3v) is 7.65. The molecule has 174 valence electrons. The number of anilines is 1. The highest BCUT2D eigenvalue weighted by Crippen LogP contribution is 2.41.